The average molecular weight is 406 g/mol. The Bertz CT molecular complexity index is 1080. The number of pyridine rings is 1. The van der Waals surface area contributed by atoms with E-state index >= 15 is 0 Å². The number of furan rings is 1. The Morgan fingerprint density at radius 3 is 2.57 bits per heavy atom. The molecule has 3 aromatic heterocycles. The van der Waals surface area contributed by atoms with Crippen LogP contribution in [-0.4, -0.2) is 64.5 Å². The number of aryl methyl sites for hydroxylation is 1. The first-order valence-electron chi connectivity index (χ1n) is 10.4. The van der Waals surface area contributed by atoms with Crippen LogP contribution < -0.4 is 9.80 Å². The number of hydrogen-bond acceptors (Lipinski definition) is 7. The zero-order valence-corrected chi connectivity index (χ0v) is 17.6. The molecule has 8 nitrogen and oxygen atoms in total. The van der Waals surface area contributed by atoms with Gasteiger partial charge in [-0.05, 0) is 38.8 Å². The van der Waals surface area contributed by atoms with Gasteiger partial charge in [0.15, 0.2) is 0 Å². The van der Waals surface area contributed by atoms with Gasteiger partial charge in [-0.2, -0.15) is 0 Å². The predicted molar refractivity (Wildman–Crippen MR) is 115 cm³/mol. The Labute approximate surface area is 175 Å². The summed E-state index contributed by atoms with van der Waals surface area (Å²) in [5.41, 5.74) is 1.15. The minimum Gasteiger partial charge on any atom is -0.442 e. The van der Waals surface area contributed by atoms with Crippen molar-refractivity contribution in [3.8, 4) is 0 Å². The SMILES string of the molecule is Cc1oc2ncnc(N(C)C3(C)CC3)c2c1C(=O)N1CCN(c2ccccn2)CC1. The molecule has 0 aromatic carbocycles. The third-order valence-electron chi connectivity index (χ3n) is 6.50. The first kappa shape index (κ1) is 18.8. The molecule has 4 heterocycles. The zero-order valence-electron chi connectivity index (χ0n) is 17.6. The summed E-state index contributed by atoms with van der Waals surface area (Å²) in [5.74, 6) is 2.30. The molecule has 0 N–H and O–H groups in total. The number of carbonyl (C=O) groups is 1. The van der Waals surface area contributed by atoms with Crippen LogP contribution in [0, 0.1) is 6.92 Å². The number of anilines is 2. The fraction of sp³-hybridized carbons (Fsp3) is 0.455. The maximum Gasteiger partial charge on any atom is 0.258 e. The molecule has 0 atom stereocenters. The molecule has 0 bridgehead atoms. The van der Waals surface area contributed by atoms with E-state index in [0.717, 1.165) is 43.0 Å². The summed E-state index contributed by atoms with van der Waals surface area (Å²) < 4.78 is 5.88. The summed E-state index contributed by atoms with van der Waals surface area (Å²) in [6, 6.07) is 5.90. The van der Waals surface area contributed by atoms with Crippen LogP contribution >= 0.6 is 0 Å². The smallest absolute Gasteiger partial charge is 0.258 e. The number of aromatic nitrogens is 3. The minimum atomic E-state index is -0.0164. The second-order valence-corrected chi connectivity index (χ2v) is 8.43. The van der Waals surface area contributed by atoms with Gasteiger partial charge in [-0.25, -0.2) is 15.0 Å². The Hall–Kier alpha value is -3.16. The Morgan fingerprint density at radius 1 is 1.13 bits per heavy atom. The van der Waals surface area contributed by atoms with Crippen LogP contribution in [0.5, 0.6) is 0 Å². The molecule has 1 saturated heterocycles. The monoisotopic (exact) mass is 406 g/mol. The van der Waals surface area contributed by atoms with Crippen molar-refractivity contribution in [1.29, 1.82) is 0 Å². The number of amides is 1. The molecule has 1 aliphatic carbocycles. The highest BCUT2D eigenvalue weighted by Crippen LogP contribution is 2.44. The van der Waals surface area contributed by atoms with Crippen molar-refractivity contribution in [3.63, 3.8) is 0 Å². The first-order chi connectivity index (χ1) is 14.5. The standard InChI is InChI=1S/C22H26N6O2/c1-15-17(18-19(24-14-25-20(18)30-15)26(3)22(2)7-8-22)21(29)28-12-10-27(11-13-28)16-6-4-5-9-23-16/h4-6,9,14H,7-8,10-13H2,1-3H3. The van der Waals surface area contributed by atoms with E-state index in [4.69, 9.17) is 4.42 Å². The Balaban J connectivity index is 1.43. The van der Waals surface area contributed by atoms with Crippen molar-refractivity contribution in [3.05, 3.63) is 42.0 Å². The predicted octanol–water partition coefficient (Wildman–Crippen LogP) is 2.88. The lowest BCUT2D eigenvalue weighted by atomic mass is 10.1. The summed E-state index contributed by atoms with van der Waals surface area (Å²) in [5, 5.41) is 0.725. The van der Waals surface area contributed by atoms with Crippen molar-refractivity contribution < 1.29 is 9.21 Å². The second-order valence-electron chi connectivity index (χ2n) is 8.43. The summed E-state index contributed by atoms with van der Waals surface area (Å²) in [6.45, 7) is 6.82. The minimum absolute atomic E-state index is 0.0164. The number of carbonyl (C=O) groups excluding carboxylic acids is 1. The van der Waals surface area contributed by atoms with Gasteiger partial charge in [0.1, 0.15) is 23.7 Å². The number of hydrogen-bond donors (Lipinski definition) is 0. The molecule has 2 fully saturated rings. The van der Waals surface area contributed by atoms with Crippen molar-refractivity contribution >= 4 is 28.6 Å². The van der Waals surface area contributed by atoms with Gasteiger partial charge in [0, 0.05) is 45.0 Å². The van der Waals surface area contributed by atoms with E-state index in [1.54, 1.807) is 6.20 Å². The van der Waals surface area contributed by atoms with Gasteiger partial charge in [-0.1, -0.05) is 6.07 Å². The first-order valence-corrected chi connectivity index (χ1v) is 10.4. The lowest BCUT2D eigenvalue weighted by Crippen LogP contribution is -2.49. The van der Waals surface area contributed by atoms with E-state index in [1.165, 1.54) is 6.33 Å². The molecule has 1 amide bonds. The van der Waals surface area contributed by atoms with E-state index in [-0.39, 0.29) is 11.4 Å². The second kappa shape index (κ2) is 6.97. The quantitative estimate of drug-likeness (QED) is 0.659. The fourth-order valence-corrected chi connectivity index (χ4v) is 4.15. The molecule has 156 valence electrons. The van der Waals surface area contributed by atoms with Gasteiger partial charge in [-0.3, -0.25) is 4.79 Å². The van der Waals surface area contributed by atoms with Crippen molar-refractivity contribution in [2.24, 2.45) is 0 Å². The highest BCUT2D eigenvalue weighted by atomic mass is 16.3. The molecule has 1 aliphatic heterocycles. The maximum atomic E-state index is 13.5. The van der Waals surface area contributed by atoms with Crippen LogP contribution in [0.4, 0.5) is 11.6 Å². The molecule has 5 rings (SSSR count). The summed E-state index contributed by atoms with van der Waals surface area (Å²) in [6.07, 6.45) is 5.55. The normalized spacial score (nSPS) is 18.0. The van der Waals surface area contributed by atoms with Gasteiger partial charge >= 0.3 is 0 Å². The molecule has 1 saturated carbocycles. The van der Waals surface area contributed by atoms with Crippen LogP contribution in [0.1, 0.15) is 35.9 Å². The van der Waals surface area contributed by atoms with Gasteiger partial charge in [0.25, 0.3) is 5.91 Å². The lowest BCUT2D eigenvalue weighted by Gasteiger charge is -2.35. The van der Waals surface area contributed by atoms with Crippen LogP contribution in [-0.2, 0) is 0 Å². The van der Waals surface area contributed by atoms with Gasteiger partial charge in [-0.15, -0.1) is 0 Å². The Kier molecular flexibility index (Phi) is 4.38. The largest absolute Gasteiger partial charge is 0.442 e. The molecule has 0 spiro atoms. The van der Waals surface area contributed by atoms with Gasteiger partial charge < -0.3 is 19.1 Å². The topological polar surface area (TPSA) is 78.6 Å². The van der Waals surface area contributed by atoms with E-state index in [0.29, 0.717) is 30.1 Å². The third-order valence-corrected chi connectivity index (χ3v) is 6.50. The summed E-state index contributed by atoms with van der Waals surface area (Å²) in [4.78, 5) is 33.1. The van der Waals surface area contributed by atoms with Crippen molar-refractivity contribution in [2.75, 3.05) is 43.0 Å². The van der Waals surface area contributed by atoms with Crippen LogP contribution in [0.2, 0.25) is 0 Å². The highest BCUT2D eigenvalue weighted by molar-refractivity contribution is 6.10. The molecule has 2 aliphatic rings. The number of fused-ring (bicyclic) bond motifs is 1. The highest BCUT2D eigenvalue weighted by Gasteiger charge is 2.43. The van der Waals surface area contributed by atoms with E-state index in [1.807, 2.05) is 37.1 Å². The van der Waals surface area contributed by atoms with E-state index in [9.17, 15) is 4.79 Å². The third kappa shape index (κ3) is 3.07. The number of rotatable bonds is 4. The molecular formula is C22H26N6O2. The number of nitrogens with zero attached hydrogens (tertiary/aromatic N) is 6. The molecular weight excluding hydrogens is 380 g/mol. The van der Waals surface area contributed by atoms with Crippen molar-refractivity contribution in [2.45, 2.75) is 32.2 Å². The van der Waals surface area contributed by atoms with Gasteiger partial charge in [0.2, 0.25) is 5.71 Å². The van der Waals surface area contributed by atoms with E-state index < -0.39 is 0 Å². The molecule has 3 aromatic rings. The zero-order chi connectivity index (χ0) is 20.9. The van der Waals surface area contributed by atoms with Crippen LogP contribution in [0.3, 0.4) is 0 Å². The van der Waals surface area contributed by atoms with Crippen LogP contribution in [0.15, 0.2) is 35.1 Å². The fourth-order valence-electron chi connectivity index (χ4n) is 4.15. The number of piperazine rings is 1. The molecule has 8 heteroatoms. The van der Waals surface area contributed by atoms with Gasteiger partial charge in [0.05, 0.1) is 10.9 Å². The lowest BCUT2D eigenvalue weighted by molar-refractivity contribution is 0.0746. The maximum absolute atomic E-state index is 13.5. The summed E-state index contributed by atoms with van der Waals surface area (Å²) in [7, 11) is 2.04. The van der Waals surface area contributed by atoms with Crippen LogP contribution in [0.25, 0.3) is 11.1 Å². The average Bonchev–Trinajstić information content (AvgIpc) is 3.44. The van der Waals surface area contributed by atoms with E-state index in [2.05, 4.69) is 31.7 Å². The van der Waals surface area contributed by atoms with Crippen molar-refractivity contribution in [1.82, 2.24) is 19.9 Å². The molecule has 0 unspecified atom stereocenters. The summed E-state index contributed by atoms with van der Waals surface area (Å²) >= 11 is 0. The molecule has 30 heavy (non-hydrogen) atoms. The molecule has 0 radical (unpaired) electrons. The Morgan fingerprint density at radius 2 is 1.90 bits per heavy atom.